The van der Waals surface area contributed by atoms with Gasteiger partial charge in [0.25, 0.3) is 5.56 Å². The SMILES string of the molecule is CCOc1ccc(N=C(SCC(=O)N2[C@H](C)CCC[C@@H]2C)c2c(O)n(C)c(=O)n(C)c2=O)cc1. The monoisotopic (exact) mass is 488 g/mol. The minimum absolute atomic E-state index is 0.0507. The van der Waals surface area contributed by atoms with E-state index in [0.29, 0.717) is 18.0 Å². The van der Waals surface area contributed by atoms with Gasteiger partial charge in [-0.3, -0.25) is 18.7 Å². The van der Waals surface area contributed by atoms with Crippen molar-refractivity contribution in [3.05, 3.63) is 50.7 Å². The topological polar surface area (TPSA) is 106 Å². The summed E-state index contributed by atoms with van der Waals surface area (Å²) < 4.78 is 7.37. The first-order valence-electron chi connectivity index (χ1n) is 11.4. The molecular formula is C24H32N4O5S. The quantitative estimate of drug-likeness (QED) is 0.495. The Kier molecular flexibility index (Phi) is 8.24. The van der Waals surface area contributed by atoms with Crippen molar-refractivity contribution in [1.29, 1.82) is 0 Å². The average Bonchev–Trinajstić information content (AvgIpc) is 2.81. The van der Waals surface area contributed by atoms with Gasteiger partial charge in [0, 0.05) is 26.2 Å². The van der Waals surface area contributed by atoms with Crippen LogP contribution in [0.3, 0.4) is 0 Å². The molecule has 1 aromatic carbocycles. The molecule has 1 aliphatic rings. The van der Waals surface area contributed by atoms with E-state index in [4.69, 9.17) is 4.74 Å². The second-order valence-corrected chi connectivity index (χ2v) is 9.43. The molecule has 0 spiro atoms. The zero-order valence-electron chi connectivity index (χ0n) is 20.3. The van der Waals surface area contributed by atoms with Crippen molar-refractivity contribution in [3.8, 4) is 11.6 Å². The van der Waals surface area contributed by atoms with Crippen molar-refractivity contribution in [3.63, 3.8) is 0 Å². The van der Waals surface area contributed by atoms with Crippen LogP contribution in [-0.4, -0.2) is 54.5 Å². The number of piperidine rings is 1. The fraction of sp³-hybridized carbons (Fsp3) is 0.500. The zero-order valence-corrected chi connectivity index (χ0v) is 21.1. The van der Waals surface area contributed by atoms with Crippen LogP contribution in [0.2, 0.25) is 0 Å². The number of carbonyl (C=O) groups excluding carboxylic acids is 1. The number of hydrogen-bond acceptors (Lipinski definition) is 7. The molecule has 184 valence electrons. The summed E-state index contributed by atoms with van der Waals surface area (Å²) in [5, 5.41) is 10.9. The lowest BCUT2D eigenvalue weighted by Crippen LogP contribution is -2.48. The van der Waals surface area contributed by atoms with Crippen LogP contribution in [0, 0.1) is 0 Å². The molecule has 2 heterocycles. The summed E-state index contributed by atoms with van der Waals surface area (Å²) >= 11 is 1.08. The number of benzene rings is 1. The predicted octanol–water partition coefficient (Wildman–Crippen LogP) is 2.79. The van der Waals surface area contributed by atoms with Crippen molar-refractivity contribution in [2.75, 3.05) is 12.4 Å². The largest absolute Gasteiger partial charge is 0.494 e. The highest BCUT2D eigenvalue weighted by Gasteiger charge is 2.30. The number of aliphatic imine (C=N–C) groups is 1. The summed E-state index contributed by atoms with van der Waals surface area (Å²) in [5.41, 5.74) is -0.918. The molecule has 0 unspecified atom stereocenters. The van der Waals surface area contributed by atoms with Crippen molar-refractivity contribution in [2.24, 2.45) is 19.1 Å². The van der Waals surface area contributed by atoms with Crippen LogP contribution in [0.5, 0.6) is 11.6 Å². The Hall–Kier alpha value is -3.01. The molecule has 1 aliphatic heterocycles. The van der Waals surface area contributed by atoms with E-state index in [1.165, 1.54) is 14.1 Å². The van der Waals surface area contributed by atoms with E-state index in [9.17, 15) is 19.5 Å². The minimum Gasteiger partial charge on any atom is -0.494 e. The fourth-order valence-corrected chi connectivity index (χ4v) is 5.10. The van der Waals surface area contributed by atoms with Gasteiger partial charge in [-0.15, -0.1) is 0 Å². The van der Waals surface area contributed by atoms with Gasteiger partial charge in [-0.1, -0.05) is 11.8 Å². The van der Waals surface area contributed by atoms with Crippen LogP contribution in [-0.2, 0) is 18.9 Å². The first-order chi connectivity index (χ1) is 16.1. The Labute approximate surface area is 203 Å². The average molecular weight is 489 g/mol. The smallest absolute Gasteiger partial charge is 0.333 e. The van der Waals surface area contributed by atoms with E-state index < -0.39 is 17.1 Å². The van der Waals surface area contributed by atoms with Crippen LogP contribution in [0.25, 0.3) is 0 Å². The molecular weight excluding hydrogens is 456 g/mol. The van der Waals surface area contributed by atoms with Crippen LogP contribution >= 0.6 is 11.8 Å². The Morgan fingerprint density at radius 3 is 2.32 bits per heavy atom. The minimum atomic E-state index is -0.676. The van der Waals surface area contributed by atoms with Gasteiger partial charge in [-0.2, -0.15) is 0 Å². The molecule has 1 aromatic heterocycles. The van der Waals surface area contributed by atoms with Gasteiger partial charge in [0.2, 0.25) is 11.8 Å². The summed E-state index contributed by atoms with van der Waals surface area (Å²) in [4.78, 5) is 44.8. The van der Waals surface area contributed by atoms with E-state index in [0.717, 1.165) is 40.2 Å². The lowest BCUT2D eigenvalue weighted by atomic mass is 9.98. The number of aromatic nitrogens is 2. The van der Waals surface area contributed by atoms with Crippen molar-refractivity contribution in [1.82, 2.24) is 14.0 Å². The van der Waals surface area contributed by atoms with Crippen molar-refractivity contribution in [2.45, 2.75) is 52.1 Å². The maximum atomic E-state index is 13.1. The van der Waals surface area contributed by atoms with Crippen LogP contribution in [0.1, 0.15) is 45.6 Å². The molecule has 0 saturated carbocycles. The molecule has 3 rings (SSSR count). The van der Waals surface area contributed by atoms with Crippen molar-refractivity contribution >= 4 is 28.4 Å². The Morgan fingerprint density at radius 1 is 1.12 bits per heavy atom. The fourth-order valence-electron chi connectivity index (χ4n) is 4.20. The highest BCUT2D eigenvalue weighted by Crippen LogP contribution is 2.27. The Bertz CT molecular complexity index is 1180. The summed E-state index contributed by atoms with van der Waals surface area (Å²) in [6.45, 7) is 6.50. The number of rotatable bonds is 6. The first-order valence-corrected chi connectivity index (χ1v) is 12.4. The standard InChI is InChI=1S/C24H32N4O5S/c1-6-33-18-12-10-17(11-13-18)25-21(20-22(30)26(4)24(32)27(5)23(20)31)34-14-19(29)28-15(2)8-7-9-16(28)3/h10-13,15-16,30H,6-9,14H2,1-5H3/t15-,16+. The molecule has 1 N–H and O–H groups in total. The summed E-state index contributed by atoms with van der Waals surface area (Å²) in [7, 11) is 2.72. The number of likely N-dealkylation sites (tertiary alicyclic amines) is 1. The van der Waals surface area contributed by atoms with E-state index >= 15 is 0 Å². The van der Waals surface area contributed by atoms with Crippen LogP contribution in [0.15, 0.2) is 38.8 Å². The van der Waals surface area contributed by atoms with Gasteiger partial charge >= 0.3 is 5.69 Å². The molecule has 1 fully saturated rings. The third kappa shape index (κ3) is 5.38. The van der Waals surface area contributed by atoms with Gasteiger partial charge in [0.15, 0.2) is 0 Å². The van der Waals surface area contributed by atoms with Crippen LogP contribution in [0.4, 0.5) is 5.69 Å². The van der Waals surface area contributed by atoms with E-state index in [1.807, 2.05) is 25.7 Å². The second-order valence-electron chi connectivity index (χ2n) is 8.47. The van der Waals surface area contributed by atoms with Gasteiger partial charge in [-0.05, 0) is 64.3 Å². The summed E-state index contributed by atoms with van der Waals surface area (Å²) in [6.07, 6.45) is 3.00. The van der Waals surface area contributed by atoms with Gasteiger partial charge < -0.3 is 14.7 Å². The summed E-state index contributed by atoms with van der Waals surface area (Å²) in [5.74, 6) is 0.193. The first kappa shape index (κ1) is 25.6. The Morgan fingerprint density at radius 2 is 1.74 bits per heavy atom. The third-order valence-corrected chi connectivity index (χ3v) is 7.00. The molecule has 2 atom stereocenters. The second kappa shape index (κ2) is 10.9. The molecule has 0 aliphatic carbocycles. The number of nitrogens with zero attached hydrogens (tertiary/aromatic N) is 4. The van der Waals surface area contributed by atoms with Crippen molar-refractivity contribution < 1.29 is 14.6 Å². The normalized spacial score (nSPS) is 18.7. The van der Waals surface area contributed by atoms with Gasteiger partial charge in [0.1, 0.15) is 16.4 Å². The number of carbonyl (C=O) groups is 1. The molecule has 0 bridgehead atoms. The number of ether oxygens (including phenoxy) is 1. The molecule has 2 aromatic rings. The zero-order chi connectivity index (χ0) is 25.0. The number of thioether (sulfide) groups is 1. The van der Waals surface area contributed by atoms with E-state index in [2.05, 4.69) is 4.99 Å². The molecule has 9 nitrogen and oxygen atoms in total. The molecule has 1 amide bonds. The van der Waals surface area contributed by atoms with E-state index in [-0.39, 0.29) is 34.4 Å². The number of aromatic hydroxyl groups is 1. The van der Waals surface area contributed by atoms with Gasteiger partial charge in [-0.25, -0.2) is 9.79 Å². The maximum Gasteiger partial charge on any atom is 0.333 e. The molecule has 10 heteroatoms. The molecule has 0 radical (unpaired) electrons. The van der Waals surface area contributed by atoms with E-state index in [1.54, 1.807) is 24.3 Å². The number of hydrogen-bond donors (Lipinski definition) is 1. The maximum absolute atomic E-state index is 13.1. The highest BCUT2D eigenvalue weighted by molar-refractivity contribution is 8.15. The lowest BCUT2D eigenvalue weighted by Gasteiger charge is -2.39. The summed E-state index contributed by atoms with van der Waals surface area (Å²) in [6, 6.07) is 7.25. The van der Waals surface area contributed by atoms with Gasteiger partial charge in [0.05, 0.1) is 18.0 Å². The highest BCUT2D eigenvalue weighted by atomic mass is 32.2. The molecule has 1 saturated heterocycles. The third-order valence-electron chi connectivity index (χ3n) is 6.04. The van der Waals surface area contributed by atoms with Crippen LogP contribution < -0.4 is 16.0 Å². The lowest BCUT2D eigenvalue weighted by molar-refractivity contribution is -0.134. The predicted molar refractivity (Wildman–Crippen MR) is 134 cm³/mol. The Balaban J connectivity index is 2.01. The number of amides is 1. The molecule has 34 heavy (non-hydrogen) atoms.